The van der Waals surface area contributed by atoms with E-state index in [0.29, 0.717) is 31.1 Å². The molecule has 1 aliphatic rings. The van der Waals surface area contributed by atoms with Crippen LogP contribution in [-0.4, -0.2) is 49.7 Å². The molecule has 0 spiro atoms. The first-order valence-electron chi connectivity index (χ1n) is 8.65. The molecule has 1 N–H and O–H groups in total. The Bertz CT molecular complexity index is 673. The number of likely N-dealkylation sites (tertiary alicyclic amines) is 1. The molecule has 7 nitrogen and oxygen atoms in total. The summed E-state index contributed by atoms with van der Waals surface area (Å²) in [4.78, 5) is 25.5. The van der Waals surface area contributed by atoms with Gasteiger partial charge >= 0.3 is 0 Å². The summed E-state index contributed by atoms with van der Waals surface area (Å²) >= 11 is 0. The molecule has 1 fully saturated rings. The van der Waals surface area contributed by atoms with Gasteiger partial charge in [-0.15, -0.1) is 0 Å². The number of amides is 2. The number of rotatable bonds is 8. The van der Waals surface area contributed by atoms with E-state index in [1.807, 2.05) is 0 Å². The van der Waals surface area contributed by atoms with E-state index in [1.54, 1.807) is 36.3 Å². The van der Waals surface area contributed by atoms with E-state index < -0.39 is 0 Å². The van der Waals surface area contributed by atoms with Gasteiger partial charge in [0.25, 0.3) is 5.91 Å². The predicted molar refractivity (Wildman–Crippen MR) is 99.5 cm³/mol. The summed E-state index contributed by atoms with van der Waals surface area (Å²) in [5.74, 6) is 0.890. The minimum absolute atomic E-state index is 0.0291. The van der Waals surface area contributed by atoms with E-state index >= 15 is 0 Å². The van der Waals surface area contributed by atoms with Gasteiger partial charge in [-0.1, -0.05) is 19.1 Å². The number of hydrogen-bond donors (Lipinski definition) is 1. The summed E-state index contributed by atoms with van der Waals surface area (Å²) in [5.41, 5.74) is 3.21. The summed E-state index contributed by atoms with van der Waals surface area (Å²) in [7, 11) is 1.55. The fraction of sp³-hybridized carbons (Fsp3) is 0.421. The number of hydrogen-bond acceptors (Lipinski definition) is 5. The Morgan fingerprint density at radius 3 is 2.96 bits per heavy atom. The third-order valence-electron chi connectivity index (χ3n) is 3.95. The molecule has 0 bridgehead atoms. The normalized spacial score (nSPS) is 14.8. The second-order valence-electron chi connectivity index (χ2n) is 5.93. The van der Waals surface area contributed by atoms with E-state index in [-0.39, 0.29) is 18.4 Å². The highest BCUT2D eigenvalue weighted by atomic mass is 16.5. The summed E-state index contributed by atoms with van der Waals surface area (Å²) < 4.78 is 10.8. The molecule has 2 amide bonds. The average Bonchev–Trinajstić information content (AvgIpc) is 2.85. The minimum Gasteiger partial charge on any atom is -0.493 e. The number of nitrogens with zero attached hydrogens (tertiary/aromatic N) is 2. The molecule has 1 aromatic carbocycles. The van der Waals surface area contributed by atoms with Crippen molar-refractivity contribution in [3.63, 3.8) is 0 Å². The molecule has 2 rings (SSSR count). The number of methoxy groups -OCH3 is 1. The molecule has 0 radical (unpaired) electrons. The second-order valence-corrected chi connectivity index (χ2v) is 5.93. The number of nitrogens with one attached hydrogen (secondary N) is 1. The molecule has 0 unspecified atom stereocenters. The summed E-state index contributed by atoms with van der Waals surface area (Å²) in [6.07, 6.45) is 6.53. The van der Waals surface area contributed by atoms with Crippen LogP contribution in [0.3, 0.4) is 0 Å². The second kappa shape index (κ2) is 10.2. The van der Waals surface area contributed by atoms with Crippen molar-refractivity contribution < 1.29 is 19.1 Å². The van der Waals surface area contributed by atoms with Crippen molar-refractivity contribution in [2.45, 2.75) is 25.7 Å². The van der Waals surface area contributed by atoms with Crippen LogP contribution in [0.25, 0.3) is 0 Å². The molecule has 1 aliphatic heterocycles. The van der Waals surface area contributed by atoms with Crippen molar-refractivity contribution in [2.24, 2.45) is 5.10 Å². The van der Waals surface area contributed by atoms with Gasteiger partial charge in [0.2, 0.25) is 5.91 Å². The van der Waals surface area contributed by atoms with E-state index in [4.69, 9.17) is 9.47 Å². The molecule has 0 aliphatic carbocycles. The van der Waals surface area contributed by atoms with Crippen molar-refractivity contribution in [3.8, 4) is 11.5 Å². The predicted octanol–water partition coefficient (Wildman–Crippen LogP) is 2.11. The number of benzene rings is 1. The Balaban J connectivity index is 1.89. The maximum atomic E-state index is 12.0. The van der Waals surface area contributed by atoms with Crippen LogP contribution in [-0.2, 0) is 9.59 Å². The minimum atomic E-state index is -0.311. The monoisotopic (exact) mass is 359 g/mol. The number of hydrazone groups is 1. The Hall–Kier alpha value is -2.83. The Labute approximate surface area is 153 Å². The van der Waals surface area contributed by atoms with Crippen LogP contribution < -0.4 is 14.9 Å². The van der Waals surface area contributed by atoms with Crippen LogP contribution in [0, 0.1) is 0 Å². The van der Waals surface area contributed by atoms with Gasteiger partial charge in [0.15, 0.2) is 11.5 Å². The first-order chi connectivity index (χ1) is 12.6. The van der Waals surface area contributed by atoms with E-state index in [9.17, 15) is 9.59 Å². The highest BCUT2D eigenvalue weighted by Gasteiger charge is 2.18. The van der Waals surface area contributed by atoms with Crippen LogP contribution in [0.4, 0.5) is 0 Å². The maximum absolute atomic E-state index is 12.0. The van der Waals surface area contributed by atoms with Gasteiger partial charge in [-0.2, -0.15) is 5.10 Å². The first-order valence-corrected chi connectivity index (χ1v) is 8.65. The standard InChI is InChI=1S/C19H25N3O4/c1-3-11-26-16-9-8-15(12-17(16)25-2)13-20-21-18(23)14-22-10-6-4-5-7-19(22)24/h3,8-9,12-13H,1,4-7,10-11,14H2,2H3,(H,21,23)/b20-13-. The van der Waals surface area contributed by atoms with Gasteiger partial charge in [-0.05, 0) is 36.6 Å². The zero-order valence-corrected chi connectivity index (χ0v) is 15.1. The molecule has 1 heterocycles. The van der Waals surface area contributed by atoms with Gasteiger partial charge in [-0.25, -0.2) is 5.43 Å². The molecular formula is C19H25N3O4. The van der Waals surface area contributed by atoms with Crippen molar-refractivity contribution in [2.75, 3.05) is 26.8 Å². The smallest absolute Gasteiger partial charge is 0.259 e. The fourth-order valence-electron chi connectivity index (χ4n) is 2.63. The van der Waals surface area contributed by atoms with Crippen molar-refractivity contribution in [1.29, 1.82) is 0 Å². The quantitative estimate of drug-likeness (QED) is 0.438. The molecule has 140 valence electrons. The number of ether oxygens (including phenoxy) is 2. The van der Waals surface area contributed by atoms with Crippen molar-refractivity contribution in [1.82, 2.24) is 10.3 Å². The van der Waals surface area contributed by atoms with Gasteiger partial charge < -0.3 is 14.4 Å². The van der Waals surface area contributed by atoms with Crippen LogP contribution in [0.2, 0.25) is 0 Å². The molecule has 1 saturated heterocycles. The molecular weight excluding hydrogens is 334 g/mol. The zero-order chi connectivity index (χ0) is 18.8. The van der Waals surface area contributed by atoms with Gasteiger partial charge in [-0.3, -0.25) is 9.59 Å². The largest absolute Gasteiger partial charge is 0.493 e. The Morgan fingerprint density at radius 2 is 2.19 bits per heavy atom. The Kier molecular flexibility index (Phi) is 7.67. The molecule has 26 heavy (non-hydrogen) atoms. The average molecular weight is 359 g/mol. The van der Waals surface area contributed by atoms with E-state index in [1.165, 1.54) is 6.21 Å². The third kappa shape index (κ3) is 5.91. The lowest BCUT2D eigenvalue weighted by atomic mass is 10.2. The topological polar surface area (TPSA) is 80.2 Å². The van der Waals surface area contributed by atoms with Crippen LogP contribution in [0.15, 0.2) is 36.0 Å². The van der Waals surface area contributed by atoms with E-state index in [0.717, 1.165) is 24.8 Å². The highest BCUT2D eigenvalue weighted by Crippen LogP contribution is 2.27. The summed E-state index contributed by atoms with van der Waals surface area (Å²) in [6, 6.07) is 5.32. The van der Waals surface area contributed by atoms with Gasteiger partial charge in [0.05, 0.1) is 13.3 Å². The SMILES string of the molecule is C=CCOc1ccc(/C=N\NC(=O)CN2CCCCCC2=O)cc1OC. The zero-order valence-electron chi connectivity index (χ0n) is 15.1. The third-order valence-corrected chi connectivity index (χ3v) is 3.95. The molecule has 1 aromatic rings. The van der Waals surface area contributed by atoms with Crippen LogP contribution in [0.1, 0.15) is 31.2 Å². The Morgan fingerprint density at radius 1 is 1.35 bits per heavy atom. The first kappa shape index (κ1) is 19.5. The molecule has 7 heteroatoms. The van der Waals surface area contributed by atoms with Gasteiger partial charge in [0.1, 0.15) is 13.2 Å². The lowest BCUT2D eigenvalue weighted by Crippen LogP contribution is -2.39. The van der Waals surface area contributed by atoms with Crippen molar-refractivity contribution in [3.05, 3.63) is 36.4 Å². The lowest BCUT2D eigenvalue weighted by molar-refractivity contribution is -0.135. The molecule has 0 aromatic heterocycles. The highest BCUT2D eigenvalue weighted by molar-refractivity contribution is 5.86. The lowest BCUT2D eigenvalue weighted by Gasteiger charge is -2.18. The summed E-state index contributed by atoms with van der Waals surface area (Å²) in [5, 5.41) is 3.95. The van der Waals surface area contributed by atoms with Gasteiger partial charge in [0, 0.05) is 13.0 Å². The van der Waals surface area contributed by atoms with Crippen LogP contribution >= 0.6 is 0 Å². The van der Waals surface area contributed by atoms with Crippen molar-refractivity contribution >= 4 is 18.0 Å². The molecule has 0 saturated carbocycles. The van der Waals surface area contributed by atoms with E-state index in [2.05, 4.69) is 17.1 Å². The fourth-order valence-corrected chi connectivity index (χ4v) is 2.63. The molecule has 0 atom stereocenters. The maximum Gasteiger partial charge on any atom is 0.259 e. The van der Waals surface area contributed by atoms with Crippen LogP contribution in [0.5, 0.6) is 11.5 Å². The number of carbonyl (C=O) groups is 2. The number of carbonyl (C=O) groups excluding carboxylic acids is 2. The summed E-state index contributed by atoms with van der Waals surface area (Å²) in [6.45, 7) is 4.65.